The van der Waals surface area contributed by atoms with Crippen molar-refractivity contribution in [3.63, 3.8) is 0 Å². The van der Waals surface area contributed by atoms with Gasteiger partial charge in [-0.2, -0.15) is 24.5 Å². The summed E-state index contributed by atoms with van der Waals surface area (Å²) in [5, 5.41) is 0.704. The third-order valence-electron chi connectivity index (χ3n) is 7.17. The van der Waals surface area contributed by atoms with E-state index >= 15 is 0 Å². The Hall–Kier alpha value is -2.66. The molecule has 0 radical (unpaired) electrons. The minimum atomic E-state index is -4.49. The number of unbranched alkanes of at least 4 members (excludes halogenated alkanes) is 1. The summed E-state index contributed by atoms with van der Waals surface area (Å²) in [6.45, 7) is 4.54. The molecule has 1 aliphatic heterocycles. The van der Waals surface area contributed by atoms with Crippen molar-refractivity contribution in [3.05, 3.63) is 100 Å². The first-order valence-corrected chi connectivity index (χ1v) is 13.9. The van der Waals surface area contributed by atoms with Crippen LogP contribution in [0.25, 0.3) is 0 Å². The number of aryl methyl sites for hydroxylation is 1. The Morgan fingerprint density at radius 2 is 1.60 bits per heavy atom. The third-order valence-corrected chi connectivity index (χ3v) is 7.42. The van der Waals surface area contributed by atoms with Gasteiger partial charge in [-0.1, -0.05) is 60.1 Å². The molecule has 0 unspecified atom stereocenters. The van der Waals surface area contributed by atoms with Crippen molar-refractivity contribution in [1.82, 2.24) is 15.3 Å². The first kappa shape index (κ1) is 30.3. The molecule has 1 heterocycles. The summed E-state index contributed by atoms with van der Waals surface area (Å²) in [6.07, 6.45) is -2.52. The Morgan fingerprint density at radius 3 is 2.27 bits per heavy atom. The van der Waals surface area contributed by atoms with E-state index in [4.69, 9.17) is 22.2 Å². The van der Waals surface area contributed by atoms with Crippen molar-refractivity contribution < 1.29 is 22.8 Å². The lowest BCUT2D eigenvalue weighted by Gasteiger charge is -2.39. The van der Waals surface area contributed by atoms with E-state index in [2.05, 4.69) is 44.5 Å². The first-order valence-electron chi connectivity index (χ1n) is 13.5. The fourth-order valence-electron chi connectivity index (χ4n) is 5.09. The second kappa shape index (κ2) is 14.8. The molecule has 0 spiro atoms. The molecule has 3 N–H and O–H groups in total. The number of piperazine rings is 1. The summed E-state index contributed by atoms with van der Waals surface area (Å²) in [5.74, 6) is 4.78. The van der Waals surface area contributed by atoms with Crippen LogP contribution in [0.2, 0.25) is 5.02 Å². The minimum Gasteiger partial charge on any atom is -0.492 e. The molecule has 1 atom stereocenters. The van der Waals surface area contributed by atoms with Crippen LogP contribution in [0.5, 0.6) is 5.75 Å². The number of ether oxygens (including phenoxy) is 1. The Bertz CT molecular complexity index is 1170. The number of hydroxylamine groups is 1. The van der Waals surface area contributed by atoms with Crippen molar-refractivity contribution in [3.8, 4) is 5.75 Å². The maximum atomic E-state index is 13.8. The van der Waals surface area contributed by atoms with Crippen LogP contribution in [-0.2, 0) is 17.5 Å². The zero-order valence-corrected chi connectivity index (χ0v) is 23.1. The number of hydrogen-bond acceptors (Lipinski definition) is 6. The number of halogens is 4. The van der Waals surface area contributed by atoms with Crippen LogP contribution in [-0.4, -0.2) is 55.7 Å². The van der Waals surface area contributed by atoms with Crippen LogP contribution in [0.15, 0.2) is 72.8 Å². The number of nitrogens with zero attached hydrogens (tertiary/aromatic N) is 2. The lowest BCUT2D eigenvalue weighted by atomic mass is 9.96. The van der Waals surface area contributed by atoms with Gasteiger partial charge in [-0.25, -0.2) is 4.94 Å². The molecular weight excluding hydrogens is 541 g/mol. The van der Waals surface area contributed by atoms with Crippen LogP contribution in [0.3, 0.4) is 0 Å². The molecule has 10 heteroatoms. The Morgan fingerprint density at radius 1 is 0.900 bits per heavy atom. The number of rotatable bonds is 13. The van der Waals surface area contributed by atoms with E-state index in [-0.39, 0.29) is 18.4 Å². The molecule has 4 rings (SSSR count). The number of nitrogens with one attached hydrogen (secondary N) is 1. The third kappa shape index (κ3) is 8.67. The van der Waals surface area contributed by atoms with E-state index in [1.165, 1.54) is 23.3 Å². The predicted octanol–water partition coefficient (Wildman–Crippen LogP) is 5.86. The molecule has 0 aliphatic carbocycles. The van der Waals surface area contributed by atoms with Gasteiger partial charge in [0.05, 0.1) is 11.6 Å². The van der Waals surface area contributed by atoms with Crippen molar-refractivity contribution in [1.29, 1.82) is 0 Å². The summed E-state index contributed by atoms with van der Waals surface area (Å²) >= 11 is 6.13. The summed E-state index contributed by atoms with van der Waals surface area (Å²) in [7, 11) is 0. The summed E-state index contributed by atoms with van der Waals surface area (Å²) in [5.41, 5.74) is 4.81. The Kier molecular flexibility index (Phi) is 11.2. The maximum absolute atomic E-state index is 13.8. The molecular formula is C30H36ClF3N4O2. The zero-order chi connectivity index (χ0) is 28.4. The van der Waals surface area contributed by atoms with Gasteiger partial charge in [0.15, 0.2) is 0 Å². The maximum Gasteiger partial charge on any atom is 0.419 e. The highest BCUT2D eigenvalue weighted by molar-refractivity contribution is 6.30. The van der Waals surface area contributed by atoms with Gasteiger partial charge in [-0.05, 0) is 60.2 Å². The van der Waals surface area contributed by atoms with Crippen LogP contribution in [0.4, 0.5) is 13.2 Å². The lowest BCUT2D eigenvalue weighted by Crippen LogP contribution is -2.48. The highest BCUT2D eigenvalue weighted by atomic mass is 35.5. The lowest BCUT2D eigenvalue weighted by molar-refractivity contribution is -0.139. The van der Waals surface area contributed by atoms with Gasteiger partial charge >= 0.3 is 6.18 Å². The molecule has 40 heavy (non-hydrogen) atoms. The highest BCUT2D eigenvalue weighted by Crippen LogP contribution is 2.37. The van der Waals surface area contributed by atoms with Gasteiger partial charge in [-0.15, -0.1) is 0 Å². The minimum absolute atomic E-state index is 0.106. The second-order valence-corrected chi connectivity index (χ2v) is 10.3. The molecule has 216 valence electrons. The summed E-state index contributed by atoms with van der Waals surface area (Å²) in [4.78, 5) is 8.96. The number of benzene rings is 3. The summed E-state index contributed by atoms with van der Waals surface area (Å²) in [6, 6.07) is 22.8. The van der Waals surface area contributed by atoms with E-state index in [1.54, 1.807) is 6.07 Å². The molecule has 1 aliphatic rings. The summed E-state index contributed by atoms with van der Waals surface area (Å²) < 4.78 is 47.0. The van der Waals surface area contributed by atoms with Crippen molar-refractivity contribution in [2.75, 3.05) is 45.9 Å². The van der Waals surface area contributed by atoms with E-state index in [1.807, 2.05) is 30.3 Å². The first-order chi connectivity index (χ1) is 19.3. The average molecular weight is 577 g/mol. The van der Waals surface area contributed by atoms with Crippen LogP contribution in [0.1, 0.15) is 41.1 Å². The molecule has 0 bridgehead atoms. The van der Waals surface area contributed by atoms with Crippen LogP contribution < -0.4 is 16.1 Å². The smallest absolute Gasteiger partial charge is 0.419 e. The van der Waals surface area contributed by atoms with Crippen molar-refractivity contribution in [2.45, 2.75) is 31.5 Å². The van der Waals surface area contributed by atoms with Gasteiger partial charge in [0, 0.05) is 44.3 Å². The normalized spacial score (nSPS) is 15.7. The predicted molar refractivity (Wildman–Crippen MR) is 151 cm³/mol. The fraction of sp³-hybridized carbons (Fsp3) is 0.400. The second-order valence-electron chi connectivity index (χ2n) is 9.89. The van der Waals surface area contributed by atoms with E-state index < -0.39 is 11.7 Å². The monoisotopic (exact) mass is 576 g/mol. The van der Waals surface area contributed by atoms with Gasteiger partial charge in [0.1, 0.15) is 12.4 Å². The van der Waals surface area contributed by atoms with Gasteiger partial charge < -0.3 is 4.74 Å². The highest BCUT2D eigenvalue weighted by Gasteiger charge is 2.35. The molecule has 3 aromatic carbocycles. The molecule has 3 aromatic rings. The quantitative estimate of drug-likeness (QED) is 0.196. The van der Waals surface area contributed by atoms with Crippen LogP contribution in [0, 0.1) is 0 Å². The Labute approximate surface area is 238 Å². The number of alkyl halides is 3. The molecule has 0 aromatic heterocycles. The standard InChI is InChI=1S/C30H36ClF3N4O2/c31-26-12-10-25(11-13-26)29(24-7-2-1-3-8-24)38-18-16-37(17-19-38)20-21-39-28-14-9-23(6-4-5-15-36-40-35)22-27(28)30(32,33)34/h1-3,7-14,22,29,36H,4-6,15-21,35H2/t29-/m0/s1. The molecule has 0 saturated carbocycles. The molecule has 6 nitrogen and oxygen atoms in total. The van der Waals surface area contributed by atoms with E-state index in [9.17, 15) is 13.2 Å². The van der Waals surface area contributed by atoms with Gasteiger partial charge in [0.25, 0.3) is 0 Å². The van der Waals surface area contributed by atoms with Crippen LogP contribution >= 0.6 is 11.6 Å². The Balaban J connectivity index is 1.31. The number of nitrogens with two attached hydrogens (primary N) is 1. The van der Waals surface area contributed by atoms with E-state index in [0.717, 1.165) is 32.6 Å². The fourth-order valence-corrected chi connectivity index (χ4v) is 5.22. The van der Waals surface area contributed by atoms with Gasteiger partial charge in [-0.3, -0.25) is 9.80 Å². The van der Waals surface area contributed by atoms with E-state index in [0.29, 0.717) is 36.5 Å². The molecule has 1 saturated heterocycles. The SMILES string of the molecule is NONCCCCc1ccc(OCCN2CCN([C@@H](c3ccccc3)c3ccc(Cl)cc3)CC2)c(C(F)(F)F)c1. The molecule has 1 fully saturated rings. The zero-order valence-electron chi connectivity index (χ0n) is 22.4. The van der Waals surface area contributed by atoms with Crippen molar-refractivity contribution in [2.24, 2.45) is 5.90 Å². The van der Waals surface area contributed by atoms with Gasteiger partial charge in [0.2, 0.25) is 0 Å². The molecule has 0 amide bonds. The topological polar surface area (TPSA) is 63.0 Å². The largest absolute Gasteiger partial charge is 0.492 e. The average Bonchev–Trinajstić information content (AvgIpc) is 2.95. The number of hydrogen-bond donors (Lipinski definition) is 2. The van der Waals surface area contributed by atoms with Crippen molar-refractivity contribution >= 4 is 11.6 Å².